The third-order valence-corrected chi connectivity index (χ3v) is 4.23. The number of carbonyl (C=O) groups excluding carboxylic acids is 2. The van der Waals surface area contributed by atoms with Crippen LogP contribution in [0.25, 0.3) is 0 Å². The lowest BCUT2D eigenvalue weighted by Gasteiger charge is -2.32. The Labute approximate surface area is 130 Å². The van der Waals surface area contributed by atoms with Gasteiger partial charge < -0.3 is 25.2 Å². The predicted molar refractivity (Wildman–Crippen MR) is 77.8 cm³/mol. The number of ether oxygens (including phenoxy) is 1. The Balaban J connectivity index is 2.24. The van der Waals surface area contributed by atoms with Crippen molar-refractivity contribution >= 4 is 11.6 Å². The van der Waals surface area contributed by atoms with Gasteiger partial charge in [-0.1, -0.05) is 0 Å². The van der Waals surface area contributed by atoms with Crippen molar-refractivity contribution in [2.45, 2.75) is 0 Å². The number of phenols is 1. The Kier molecular flexibility index (Phi) is 3.37. The molecule has 4 N–H and O–H groups in total. The van der Waals surface area contributed by atoms with Crippen LogP contribution in [0.15, 0.2) is 35.3 Å². The van der Waals surface area contributed by atoms with E-state index in [0.717, 1.165) is 6.08 Å². The number of ketones is 2. The highest BCUT2D eigenvalue weighted by Crippen LogP contribution is 2.44. The smallest absolute Gasteiger partial charge is 0.175 e. The number of allylic oxidation sites excluding steroid dienone is 2. The number of benzene rings is 1. The standard InChI is InChI=1S/C16H14O7/c1-23-10-3-2-6-11(16(10)22)14(20)7-4-9(18)8(5-17)15(21)12(7)13(6)19/h2-4,7,12,17-18,21-22H,5H2,1H3. The molecule has 0 bridgehead atoms. The minimum Gasteiger partial charge on any atom is -0.511 e. The first-order valence-corrected chi connectivity index (χ1v) is 6.84. The van der Waals surface area contributed by atoms with Gasteiger partial charge in [-0.3, -0.25) is 9.59 Å². The van der Waals surface area contributed by atoms with Gasteiger partial charge in [-0.25, -0.2) is 0 Å². The lowest BCUT2D eigenvalue weighted by atomic mass is 9.69. The van der Waals surface area contributed by atoms with E-state index in [1.54, 1.807) is 0 Å². The summed E-state index contributed by atoms with van der Waals surface area (Å²) in [5, 5.41) is 39.4. The predicted octanol–water partition coefficient (Wildman–Crippen LogP) is 1.27. The van der Waals surface area contributed by atoms with E-state index in [4.69, 9.17) is 4.74 Å². The molecule has 0 radical (unpaired) electrons. The van der Waals surface area contributed by atoms with Gasteiger partial charge in [0.05, 0.1) is 36.7 Å². The number of methoxy groups -OCH3 is 1. The Morgan fingerprint density at radius 3 is 2.43 bits per heavy atom. The van der Waals surface area contributed by atoms with Gasteiger partial charge in [0.2, 0.25) is 0 Å². The summed E-state index contributed by atoms with van der Waals surface area (Å²) >= 11 is 0. The van der Waals surface area contributed by atoms with E-state index in [1.165, 1.54) is 19.2 Å². The largest absolute Gasteiger partial charge is 0.511 e. The minimum absolute atomic E-state index is 0.0341. The van der Waals surface area contributed by atoms with E-state index in [0.29, 0.717) is 0 Å². The Morgan fingerprint density at radius 2 is 1.83 bits per heavy atom. The van der Waals surface area contributed by atoms with Crippen molar-refractivity contribution in [2.75, 3.05) is 13.7 Å². The third-order valence-electron chi connectivity index (χ3n) is 4.23. The Hall–Kier alpha value is -2.80. The van der Waals surface area contributed by atoms with Gasteiger partial charge in [0.15, 0.2) is 23.1 Å². The molecule has 0 heterocycles. The van der Waals surface area contributed by atoms with E-state index in [9.17, 15) is 30.0 Å². The molecule has 1 aromatic carbocycles. The van der Waals surface area contributed by atoms with E-state index in [1.807, 2.05) is 0 Å². The fraction of sp³-hybridized carbons (Fsp3) is 0.250. The van der Waals surface area contributed by atoms with Crippen molar-refractivity contribution in [3.8, 4) is 11.5 Å². The summed E-state index contributed by atoms with van der Waals surface area (Å²) in [5.41, 5.74) is -0.415. The van der Waals surface area contributed by atoms with Crippen molar-refractivity contribution in [1.29, 1.82) is 0 Å². The van der Waals surface area contributed by atoms with Crippen molar-refractivity contribution in [3.05, 3.63) is 46.4 Å². The maximum Gasteiger partial charge on any atom is 0.175 e. The summed E-state index contributed by atoms with van der Waals surface area (Å²) in [7, 11) is 1.31. The zero-order chi connectivity index (χ0) is 16.9. The molecule has 0 spiro atoms. The Morgan fingerprint density at radius 1 is 1.13 bits per heavy atom. The molecule has 2 unspecified atom stereocenters. The van der Waals surface area contributed by atoms with Crippen LogP contribution in [-0.4, -0.2) is 45.7 Å². The molecule has 0 aliphatic heterocycles. The van der Waals surface area contributed by atoms with Gasteiger partial charge in [-0.15, -0.1) is 0 Å². The highest BCUT2D eigenvalue weighted by Gasteiger charge is 2.47. The average molecular weight is 318 g/mol. The fourth-order valence-corrected chi connectivity index (χ4v) is 3.06. The maximum absolute atomic E-state index is 12.7. The number of carbonyl (C=O) groups is 2. The normalized spacial score (nSPS) is 23.3. The molecule has 2 aliphatic rings. The molecule has 0 fully saturated rings. The quantitative estimate of drug-likeness (QED) is 0.647. The number of fused-ring (bicyclic) bond motifs is 2. The van der Waals surface area contributed by atoms with E-state index in [-0.39, 0.29) is 22.4 Å². The molecule has 0 saturated heterocycles. The van der Waals surface area contributed by atoms with E-state index < -0.39 is 47.3 Å². The van der Waals surface area contributed by atoms with Crippen LogP contribution in [0.2, 0.25) is 0 Å². The van der Waals surface area contributed by atoms with Crippen LogP contribution in [0.3, 0.4) is 0 Å². The molecule has 1 aromatic rings. The number of aliphatic hydroxyl groups excluding tert-OH is 3. The van der Waals surface area contributed by atoms with Crippen molar-refractivity contribution < 1.29 is 34.8 Å². The molecular weight excluding hydrogens is 304 g/mol. The summed E-state index contributed by atoms with van der Waals surface area (Å²) in [6, 6.07) is 2.69. The van der Waals surface area contributed by atoms with Crippen LogP contribution in [-0.2, 0) is 0 Å². The number of hydrogen-bond acceptors (Lipinski definition) is 7. The van der Waals surface area contributed by atoms with Crippen molar-refractivity contribution in [2.24, 2.45) is 11.8 Å². The van der Waals surface area contributed by atoms with Crippen molar-refractivity contribution in [1.82, 2.24) is 0 Å². The maximum atomic E-state index is 12.7. The van der Waals surface area contributed by atoms with Gasteiger partial charge in [-0.2, -0.15) is 0 Å². The van der Waals surface area contributed by atoms with Crippen molar-refractivity contribution in [3.63, 3.8) is 0 Å². The number of rotatable bonds is 2. The van der Waals surface area contributed by atoms with Crippen LogP contribution in [0, 0.1) is 11.8 Å². The first kappa shape index (κ1) is 15.1. The molecule has 2 atom stereocenters. The second kappa shape index (κ2) is 5.13. The van der Waals surface area contributed by atoms with E-state index in [2.05, 4.69) is 0 Å². The van der Waals surface area contributed by atoms with Crippen LogP contribution < -0.4 is 4.74 Å². The minimum atomic E-state index is -1.22. The lowest BCUT2D eigenvalue weighted by molar-refractivity contribution is 0.0743. The molecule has 2 aliphatic carbocycles. The summed E-state index contributed by atoms with van der Waals surface area (Å²) < 4.78 is 4.94. The fourth-order valence-electron chi connectivity index (χ4n) is 3.06. The van der Waals surface area contributed by atoms with Crippen LogP contribution in [0.1, 0.15) is 20.7 Å². The highest BCUT2D eigenvalue weighted by atomic mass is 16.5. The van der Waals surface area contributed by atoms with E-state index >= 15 is 0 Å². The molecular formula is C16H14O7. The molecule has 23 heavy (non-hydrogen) atoms. The first-order valence-electron chi connectivity index (χ1n) is 6.84. The number of aromatic hydroxyl groups is 1. The number of hydrogen-bond donors (Lipinski definition) is 4. The van der Waals surface area contributed by atoms with Crippen LogP contribution >= 0.6 is 0 Å². The lowest BCUT2D eigenvalue weighted by Crippen LogP contribution is -2.39. The van der Waals surface area contributed by atoms with Crippen LogP contribution in [0.5, 0.6) is 11.5 Å². The molecule has 120 valence electrons. The molecule has 3 rings (SSSR count). The molecule has 7 nitrogen and oxygen atoms in total. The molecule has 0 saturated carbocycles. The zero-order valence-corrected chi connectivity index (χ0v) is 12.1. The second-order valence-electron chi connectivity index (χ2n) is 5.34. The number of Topliss-reactive ketones (excluding diaryl/α,β-unsaturated/α-hetero) is 2. The first-order chi connectivity index (χ1) is 10.9. The highest BCUT2D eigenvalue weighted by molar-refractivity contribution is 6.19. The van der Waals surface area contributed by atoms with Gasteiger partial charge >= 0.3 is 0 Å². The SMILES string of the molecule is COc1ccc2c(c1O)C(=O)C1C=C(O)C(CO)=C(O)C1C2=O. The average Bonchev–Trinajstić information content (AvgIpc) is 2.52. The molecule has 0 amide bonds. The second-order valence-corrected chi connectivity index (χ2v) is 5.34. The number of phenolic OH excluding ortho intramolecular Hbond substituents is 1. The van der Waals surface area contributed by atoms with Gasteiger partial charge in [0.1, 0.15) is 11.5 Å². The summed E-state index contributed by atoms with van der Waals surface area (Å²) in [6.07, 6.45) is 1.11. The number of aliphatic hydroxyl groups is 3. The summed E-state index contributed by atoms with van der Waals surface area (Å²) in [4.78, 5) is 25.3. The summed E-state index contributed by atoms with van der Waals surface area (Å²) in [5.74, 6) is -4.96. The zero-order valence-electron chi connectivity index (χ0n) is 12.1. The molecule has 7 heteroatoms. The molecule has 0 aromatic heterocycles. The van der Waals surface area contributed by atoms with Crippen LogP contribution in [0.4, 0.5) is 0 Å². The topological polar surface area (TPSA) is 124 Å². The Bertz CT molecular complexity index is 788. The van der Waals surface area contributed by atoms with Gasteiger partial charge in [-0.05, 0) is 18.2 Å². The van der Waals surface area contributed by atoms with Gasteiger partial charge in [0.25, 0.3) is 0 Å². The summed E-state index contributed by atoms with van der Waals surface area (Å²) in [6.45, 7) is -0.667. The monoisotopic (exact) mass is 318 g/mol. The van der Waals surface area contributed by atoms with Gasteiger partial charge in [0, 0.05) is 5.56 Å². The third kappa shape index (κ3) is 1.93.